The van der Waals surface area contributed by atoms with Crippen LogP contribution in [0.5, 0.6) is 11.5 Å². The highest BCUT2D eigenvalue weighted by molar-refractivity contribution is 5.43. The predicted molar refractivity (Wildman–Crippen MR) is 71.5 cm³/mol. The van der Waals surface area contributed by atoms with E-state index in [1.165, 1.54) is 0 Å². The second-order valence-electron chi connectivity index (χ2n) is 4.86. The molecule has 0 spiro atoms. The summed E-state index contributed by atoms with van der Waals surface area (Å²) in [6.07, 6.45) is 0.192. The number of hydrogen-bond donors (Lipinski definition) is 2. The minimum atomic E-state index is -0.703. The lowest BCUT2D eigenvalue weighted by atomic mass is 10.2. The summed E-state index contributed by atoms with van der Waals surface area (Å²) in [4.78, 5) is 1.96. The molecular formula is C14H21NO4. The van der Waals surface area contributed by atoms with Crippen molar-refractivity contribution in [1.82, 2.24) is 4.90 Å². The number of ether oxygens (including phenoxy) is 2. The first kappa shape index (κ1) is 14.1. The van der Waals surface area contributed by atoms with Crippen molar-refractivity contribution < 1.29 is 19.7 Å². The van der Waals surface area contributed by atoms with Gasteiger partial charge in [-0.2, -0.15) is 0 Å². The summed E-state index contributed by atoms with van der Waals surface area (Å²) >= 11 is 0. The molecule has 0 aliphatic carbocycles. The van der Waals surface area contributed by atoms with Gasteiger partial charge in [0.1, 0.15) is 0 Å². The van der Waals surface area contributed by atoms with Crippen molar-refractivity contribution in [3.63, 3.8) is 0 Å². The zero-order valence-corrected chi connectivity index (χ0v) is 11.2. The summed E-state index contributed by atoms with van der Waals surface area (Å²) in [5.74, 6) is 1.57. The number of likely N-dealkylation sites (N-methyl/N-ethyl adjacent to an activating group) is 1. The van der Waals surface area contributed by atoms with Crippen LogP contribution in [-0.4, -0.2) is 54.6 Å². The van der Waals surface area contributed by atoms with E-state index >= 15 is 0 Å². The molecule has 1 atom stereocenters. The van der Waals surface area contributed by atoms with E-state index in [-0.39, 0.29) is 6.61 Å². The standard InChI is InChI=1S/C14H21NO4/c1-15(9-12(17)10-16)8-11-3-4-13-14(7-11)19-6-2-5-18-13/h3-4,7,12,16-17H,2,5-6,8-10H2,1H3. The minimum Gasteiger partial charge on any atom is -0.490 e. The van der Waals surface area contributed by atoms with Crippen LogP contribution < -0.4 is 9.47 Å². The lowest BCUT2D eigenvalue weighted by Gasteiger charge is -2.20. The molecule has 19 heavy (non-hydrogen) atoms. The molecule has 0 bridgehead atoms. The van der Waals surface area contributed by atoms with Crippen LogP contribution in [0, 0.1) is 0 Å². The molecule has 2 N–H and O–H groups in total. The van der Waals surface area contributed by atoms with Crippen LogP contribution >= 0.6 is 0 Å². The fourth-order valence-electron chi connectivity index (χ4n) is 2.10. The Labute approximate surface area is 113 Å². The molecule has 0 aromatic heterocycles. The molecular weight excluding hydrogens is 246 g/mol. The highest BCUT2D eigenvalue weighted by Crippen LogP contribution is 2.30. The monoisotopic (exact) mass is 267 g/mol. The van der Waals surface area contributed by atoms with E-state index < -0.39 is 6.10 Å². The Bertz CT molecular complexity index is 410. The number of aliphatic hydroxyl groups excluding tert-OH is 2. The summed E-state index contributed by atoms with van der Waals surface area (Å²) in [5.41, 5.74) is 1.09. The normalized spacial score (nSPS) is 16.2. The summed E-state index contributed by atoms with van der Waals surface area (Å²) in [6, 6.07) is 5.89. The highest BCUT2D eigenvalue weighted by Gasteiger charge is 2.12. The van der Waals surface area contributed by atoms with Gasteiger partial charge in [0, 0.05) is 19.5 Å². The maximum absolute atomic E-state index is 9.40. The van der Waals surface area contributed by atoms with Crippen molar-refractivity contribution in [1.29, 1.82) is 0 Å². The number of rotatable bonds is 5. The summed E-state index contributed by atoms with van der Waals surface area (Å²) < 4.78 is 11.2. The Balaban J connectivity index is 1.99. The topological polar surface area (TPSA) is 62.2 Å². The van der Waals surface area contributed by atoms with Gasteiger partial charge in [0.2, 0.25) is 0 Å². The maximum Gasteiger partial charge on any atom is 0.161 e. The SMILES string of the molecule is CN(Cc1ccc2c(c1)OCCCO2)CC(O)CO. The van der Waals surface area contributed by atoms with Crippen LogP contribution in [0.25, 0.3) is 0 Å². The molecule has 1 aliphatic rings. The van der Waals surface area contributed by atoms with Crippen LogP contribution in [0.2, 0.25) is 0 Å². The summed E-state index contributed by atoms with van der Waals surface area (Å²) in [5, 5.41) is 18.2. The van der Waals surface area contributed by atoms with E-state index in [1.807, 2.05) is 30.1 Å². The molecule has 2 rings (SSSR count). The zero-order chi connectivity index (χ0) is 13.7. The number of hydrogen-bond acceptors (Lipinski definition) is 5. The molecule has 0 amide bonds. The predicted octanol–water partition coefficient (Wildman–Crippen LogP) is 0.633. The van der Waals surface area contributed by atoms with Gasteiger partial charge in [-0.25, -0.2) is 0 Å². The third-order valence-corrected chi connectivity index (χ3v) is 3.00. The van der Waals surface area contributed by atoms with Gasteiger partial charge in [-0.1, -0.05) is 6.07 Å². The smallest absolute Gasteiger partial charge is 0.161 e. The Morgan fingerprint density at radius 2 is 2.00 bits per heavy atom. The number of aliphatic hydroxyl groups is 2. The van der Waals surface area contributed by atoms with Crippen LogP contribution in [0.3, 0.4) is 0 Å². The van der Waals surface area contributed by atoms with Crippen molar-refractivity contribution in [2.45, 2.75) is 19.1 Å². The van der Waals surface area contributed by atoms with Gasteiger partial charge in [-0.05, 0) is 24.7 Å². The average Bonchev–Trinajstić information content (AvgIpc) is 2.63. The van der Waals surface area contributed by atoms with Crippen molar-refractivity contribution in [3.05, 3.63) is 23.8 Å². The molecule has 0 fully saturated rings. The Morgan fingerprint density at radius 3 is 2.74 bits per heavy atom. The quantitative estimate of drug-likeness (QED) is 0.819. The molecule has 1 unspecified atom stereocenters. The van der Waals surface area contributed by atoms with Gasteiger partial charge in [0.25, 0.3) is 0 Å². The van der Waals surface area contributed by atoms with Gasteiger partial charge in [-0.3, -0.25) is 4.90 Å². The number of benzene rings is 1. The van der Waals surface area contributed by atoms with E-state index in [9.17, 15) is 5.11 Å². The summed E-state index contributed by atoms with van der Waals surface area (Å²) in [6.45, 7) is 2.27. The largest absolute Gasteiger partial charge is 0.490 e. The van der Waals surface area contributed by atoms with E-state index in [0.29, 0.717) is 26.3 Å². The molecule has 106 valence electrons. The van der Waals surface area contributed by atoms with Crippen molar-refractivity contribution in [2.24, 2.45) is 0 Å². The van der Waals surface area contributed by atoms with Crippen LogP contribution in [-0.2, 0) is 6.54 Å². The van der Waals surface area contributed by atoms with Gasteiger partial charge in [-0.15, -0.1) is 0 Å². The van der Waals surface area contributed by atoms with Gasteiger partial charge >= 0.3 is 0 Å². The molecule has 0 radical (unpaired) electrons. The van der Waals surface area contributed by atoms with Crippen LogP contribution in [0.1, 0.15) is 12.0 Å². The van der Waals surface area contributed by atoms with Crippen molar-refractivity contribution in [3.8, 4) is 11.5 Å². The fourth-order valence-corrected chi connectivity index (χ4v) is 2.10. The molecule has 1 aromatic carbocycles. The van der Waals surface area contributed by atoms with Crippen LogP contribution in [0.15, 0.2) is 18.2 Å². The molecule has 0 saturated carbocycles. The Morgan fingerprint density at radius 1 is 1.26 bits per heavy atom. The fraction of sp³-hybridized carbons (Fsp3) is 0.571. The number of nitrogens with zero attached hydrogens (tertiary/aromatic N) is 1. The first-order chi connectivity index (χ1) is 9.19. The number of fused-ring (bicyclic) bond motifs is 1. The summed E-state index contributed by atoms with van der Waals surface area (Å²) in [7, 11) is 1.90. The van der Waals surface area contributed by atoms with E-state index in [2.05, 4.69) is 0 Å². The minimum absolute atomic E-state index is 0.217. The Kier molecular flexibility index (Phi) is 5.01. The third kappa shape index (κ3) is 4.09. The first-order valence-corrected chi connectivity index (χ1v) is 6.55. The molecule has 5 nitrogen and oxygen atoms in total. The van der Waals surface area contributed by atoms with Crippen LogP contribution in [0.4, 0.5) is 0 Å². The molecule has 1 aromatic rings. The average molecular weight is 267 g/mol. The zero-order valence-electron chi connectivity index (χ0n) is 11.2. The lowest BCUT2D eigenvalue weighted by molar-refractivity contribution is 0.0648. The Hall–Kier alpha value is -1.30. The van der Waals surface area contributed by atoms with Crippen molar-refractivity contribution in [2.75, 3.05) is 33.4 Å². The second-order valence-corrected chi connectivity index (χ2v) is 4.86. The molecule has 5 heteroatoms. The van der Waals surface area contributed by atoms with Gasteiger partial charge in [0.15, 0.2) is 11.5 Å². The van der Waals surface area contributed by atoms with Gasteiger partial charge in [0.05, 0.1) is 25.9 Å². The van der Waals surface area contributed by atoms with E-state index in [4.69, 9.17) is 14.6 Å². The third-order valence-electron chi connectivity index (χ3n) is 3.00. The molecule has 0 saturated heterocycles. The van der Waals surface area contributed by atoms with E-state index in [0.717, 1.165) is 23.5 Å². The van der Waals surface area contributed by atoms with Gasteiger partial charge < -0.3 is 19.7 Å². The second kappa shape index (κ2) is 6.75. The lowest BCUT2D eigenvalue weighted by Crippen LogP contribution is -2.30. The van der Waals surface area contributed by atoms with E-state index in [1.54, 1.807) is 0 Å². The van der Waals surface area contributed by atoms with Crippen molar-refractivity contribution >= 4 is 0 Å². The molecule has 1 heterocycles. The highest BCUT2D eigenvalue weighted by atomic mass is 16.5. The molecule has 1 aliphatic heterocycles. The maximum atomic E-state index is 9.40. The first-order valence-electron chi connectivity index (χ1n) is 6.55.